The van der Waals surface area contributed by atoms with Crippen molar-refractivity contribution in [3.05, 3.63) is 94.8 Å². The molecule has 3 aromatic rings. The first-order valence-electron chi connectivity index (χ1n) is 7.69. The van der Waals surface area contributed by atoms with Gasteiger partial charge in [-0.25, -0.2) is 0 Å². The number of carboxylic acids is 1. The first-order valence-corrected chi connectivity index (χ1v) is 7.69. The monoisotopic (exact) mass is 333 g/mol. The second-order valence-electron chi connectivity index (χ2n) is 5.54. The van der Waals surface area contributed by atoms with Crippen LogP contribution in [-0.2, 0) is 11.2 Å². The van der Waals surface area contributed by atoms with Crippen LogP contribution in [0.3, 0.4) is 0 Å². The maximum absolute atomic E-state index is 12.7. The molecule has 0 fully saturated rings. The lowest BCUT2D eigenvalue weighted by molar-refractivity contribution is -0.136. The molecule has 0 spiro atoms. The van der Waals surface area contributed by atoms with Gasteiger partial charge in [0.15, 0.2) is 5.78 Å². The normalized spacial score (nSPS) is 10.4. The number of benzene rings is 2. The van der Waals surface area contributed by atoms with Crippen molar-refractivity contribution >= 4 is 17.5 Å². The van der Waals surface area contributed by atoms with Crippen LogP contribution in [0.2, 0.25) is 0 Å². The van der Waals surface area contributed by atoms with Gasteiger partial charge < -0.3 is 10.1 Å². The zero-order valence-electron chi connectivity index (χ0n) is 13.2. The fraction of sp³-hybridized carbons (Fsp3) is 0.0500. The number of rotatable bonds is 6. The lowest BCUT2D eigenvalue weighted by Crippen LogP contribution is -2.08. The third-order valence-corrected chi connectivity index (χ3v) is 3.79. The first kappa shape index (κ1) is 16.4. The minimum Gasteiger partial charge on any atom is -0.481 e. The van der Waals surface area contributed by atoms with Gasteiger partial charge in [0.1, 0.15) is 0 Å². The molecule has 0 unspecified atom stereocenters. The maximum Gasteiger partial charge on any atom is 0.309 e. The minimum absolute atomic E-state index is 0.196. The fourth-order valence-corrected chi connectivity index (χ4v) is 2.60. The standard InChI is InChI=1S/C20H15NO4/c22-18(23)12-16-15(19(24)13-7-3-1-4-8-13)11-17(21-16)20(25)14-9-5-2-6-10-14/h1-11,21H,12H2,(H,22,23). The largest absolute Gasteiger partial charge is 0.481 e. The van der Waals surface area contributed by atoms with E-state index in [9.17, 15) is 14.4 Å². The average Bonchev–Trinajstić information content (AvgIpc) is 3.05. The number of hydrogen-bond donors (Lipinski definition) is 2. The number of hydrogen-bond acceptors (Lipinski definition) is 3. The summed E-state index contributed by atoms with van der Waals surface area (Å²) in [5, 5.41) is 9.09. The van der Waals surface area contributed by atoms with E-state index in [1.165, 1.54) is 6.07 Å². The van der Waals surface area contributed by atoms with Crippen molar-refractivity contribution in [2.45, 2.75) is 6.42 Å². The van der Waals surface area contributed by atoms with Crippen molar-refractivity contribution in [1.82, 2.24) is 4.98 Å². The molecule has 0 amide bonds. The van der Waals surface area contributed by atoms with Gasteiger partial charge in [-0.15, -0.1) is 0 Å². The molecule has 0 saturated carbocycles. The summed E-state index contributed by atoms with van der Waals surface area (Å²) in [6.45, 7) is 0. The summed E-state index contributed by atoms with van der Waals surface area (Å²) < 4.78 is 0. The summed E-state index contributed by atoms with van der Waals surface area (Å²) in [4.78, 5) is 39.2. The van der Waals surface area contributed by atoms with Crippen LogP contribution in [0, 0.1) is 0 Å². The Balaban J connectivity index is 2.02. The lowest BCUT2D eigenvalue weighted by atomic mass is 10.0. The molecule has 0 aliphatic heterocycles. The molecule has 0 atom stereocenters. The summed E-state index contributed by atoms with van der Waals surface area (Å²) in [5.41, 5.74) is 1.52. The topological polar surface area (TPSA) is 87.2 Å². The number of carbonyl (C=O) groups is 3. The Labute approximate surface area is 143 Å². The summed E-state index contributed by atoms with van der Waals surface area (Å²) in [6, 6.07) is 18.6. The van der Waals surface area contributed by atoms with Gasteiger partial charge in [0.05, 0.1) is 12.1 Å². The van der Waals surface area contributed by atoms with Crippen LogP contribution < -0.4 is 0 Å². The number of carboxylic acid groups (broad SMARTS) is 1. The second kappa shape index (κ2) is 6.97. The van der Waals surface area contributed by atoms with Gasteiger partial charge in [0.25, 0.3) is 0 Å². The Morgan fingerprint density at radius 1 is 0.800 bits per heavy atom. The van der Waals surface area contributed by atoms with Gasteiger partial charge in [-0.05, 0) is 6.07 Å². The summed E-state index contributed by atoms with van der Waals surface area (Å²) in [5.74, 6) is -1.69. The molecule has 2 N–H and O–H groups in total. The van der Waals surface area contributed by atoms with E-state index in [4.69, 9.17) is 5.11 Å². The smallest absolute Gasteiger partial charge is 0.309 e. The molecular formula is C20H15NO4. The molecular weight excluding hydrogens is 318 g/mol. The predicted octanol–water partition coefficient (Wildman–Crippen LogP) is 3.10. The molecule has 124 valence electrons. The molecule has 0 aliphatic rings. The first-order chi connectivity index (χ1) is 12.1. The Morgan fingerprint density at radius 2 is 1.32 bits per heavy atom. The van der Waals surface area contributed by atoms with Gasteiger partial charge in [0, 0.05) is 22.4 Å². The van der Waals surface area contributed by atoms with E-state index in [-0.39, 0.29) is 34.9 Å². The molecule has 1 heterocycles. The molecule has 0 radical (unpaired) electrons. The quantitative estimate of drug-likeness (QED) is 0.679. The summed E-state index contributed by atoms with van der Waals surface area (Å²) in [7, 11) is 0. The molecule has 0 saturated heterocycles. The van der Waals surface area contributed by atoms with Crippen LogP contribution in [0.1, 0.15) is 37.7 Å². The highest BCUT2D eigenvalue weighted by atomic mass is 16.4. The highest BCUT2D eigenvalue weighted by molar-refractivity contribution is 6.13. The van der Waals surface area contributed by atoms with Crippen LogP contribution in [0.15, 0.2) is 66.7 Å². The predicted molar refractivity (Wildman–Crippen MR) is 91.9 cm³/mol. The second-order valence-corrected chi connectivity index (χ2v) is 5.54. The third kappa shape index (κ3) is 3.55. The van der Waals surface area contributed by atoms with Crippen molar-refractivity contribution in [3.8, 4) is 0 Å². The SMILES string of the molecule is O=C(O)Cc1[nH]c(C(=O)c2ccccc2)cc1C(=O)c1ccccc1. The Morgan fingerprint density at radius 3 is 1.84 bits per heavy atom. The van der Waals surface area contributed by atoms with E-state index >= 15 is 0 Å². The van der Waals surface area contributed by atoms with Gasteiger partial charge in [-0.3, -0.25) is 14.4 Å². The Hall–Kier alpha value is -3.47. The lowest BCUT2D eigenvalue weighted by Gasteiger charge is -2.01. The third-order valence-electron chi connectivity index (χ3n) is 3.79. The summed E-state index contributed by atoms with van der Waals surface area (Å²) in [6.07, 6.45) is -0.365. The van der Waals surface area contributed by atoms with Crippen LogP contribution >= 0.6 is 0 Å². The van der Waals surface area contributed by atoms with E-state index in [0.29, 0.717) is 11.1 Å². The number of aromatic nitrogens is 1. The minimum atomic E-state index is -1.08. The van der Waals surface area contributed by atoms with Crippen molar-refractivity contribution in [2.75, 3.05) is 0 Å². The fourth-order valence-electron chi connectivity index (χ4n) is 2.60. The van der Waals surface area contributed by atoms with E-state index in [2.05, 4.69) is 4.98 Å². The number of carbonyl (C=O) groups excluding carboxylic acids is 2. The van der Waals surface area contributed by atoms with Gasteiger partial charge in [0.2, 0.25) is 5.78 Å². The number of nitrogens with one attached hydrogen (secondary N) is 1. The van der Waals surface area contributed by atoms with Crippen molar-refractivity contribution in [2.24, 2.45) is 0 Å². The zero-order chi connectivity index (χ0) is 17.8. The van der Waals surface area contributed by atoms with Gasteiger partial charge in [-0.2, -0.15) is 0 Å². The molecule has 1 aromatic heterocycles. The molecule has 0 bridgehead atoms. The molecule has 0 aliphatic carbocycles. The van der Waals surface area contributed by atoms with E-state index in [1.807, 2.05) is 0 Å². The maximum atomic E-state index is 12.7. The van der Waals surface area contributed by atoms with Crippen LogP contribution in [0.5, 0.6) is 0 Å². The van der Waals surface area contributed by atoms with Crippen molar-refractivity contribution < 1.29 is 19.5 Å². The number of ketones is 2. The van der Waals surface area contributed by atoms with Crippen molar-refractivity contribution in [1.29, 1.82) is 0 Å². The number of H-pyrrole nitrogens is 1. The Bertz CT molecular complexity index is 927. The molecule has 2 aromatic carbocycles. The van der Waals surface area contributed by atoms with Crippen LogP contribution in [0.4, 0.5) is 0 Å². The molecule has 5 nitrogen and oxygen atoms in total. The summed E-state index contributed by atoms with van der Waals surface area (Å²) >= 11 is 0. The average molecular weight is 333 g/mol. The van der Waals surface area contributed by atoms with E-state index < -0.39 is 5.97 Å². The highest BCUT2D eigenvalue weighted by Gasteiger charge is 2.22. The Kier molecular flexibility index (Phi) is 4.57. The molecule has 3 rings (SSSR count). The zero-order valence-corrected chi connectivity index (χ0v) is 13.2. The molecule has 25 heavy (non-hydrogen) atoms. The van der Waals surface area contributed by atoms with E-state index in [1.54, 1.807) is 60.7 Å². The number of aromatic amines is 1. The van der Waals surface area contributed by atoms with E-state index in [0.717, 1.165) is 0 Å². The molecule has 5 heteroatoms. The van der Waals surface area contributed by atoms with Crippen LogP contribution in [-0.4, -0.2) is 27.6 Å². The van der Waals surface area contributed by atoms with Gasteiger partial charge >= 0.3 is 5.97 Å². The van der Waals surface area contributed by atoms with Gasteiger partial charge in [-0.1, -0.05) is 60.7 Å². The number of aliphatic carboxylic acids is 1. The van der Waals surface area contributed by atoms with Crippen molar-refractivity contribution in [3.63, 3.8) is 0 Å². The highest BCUT2D eigenvalue weighted by Crippen LogP contribution is 2.19. The van der Waals surface area contributed by atoms with Crippen LogP contribution in [0.25, 0.3) is 0 Å².